The maximum absolute atomic E-state index is 12.2. The van der Waals surface area contributed by atoms with E-state index in [1.54, 1.807) is 11.3 Å². The third kappa shape index (κ3) is 2.45. The summed E-state index contributed by atoms with van der Waals surface area (Å²) in [7, 11) is 0. The smallest absolute Gasteiger partial charge is 0.223 e. The number of aryl methyl sites for hydroxylation is 2. The summed E-state index contributed by atoms with van der Waals surface area (Å²) in [6, 6.07) is 2.09. The zero-order valence-corrected chi connectivity index (χ0v) is 12.1. The molecule has 0 aliphatic carbocycles. The number of likely N-dealkylation sites (tertiary alicyclic amines) is 1. The summed E-state index contributed by atoms with van der Waals surface area (Å²) in [5, 5.41) is 11.9. The summed E-state index contributed by atoms with van der Waals surface area (Å²) in [4.78, 5) is 15.4. The van der Waals surface area contributed by atoms with Crippen molar-refractivity contribution in [3.05, 3.63) is 21.9 Å². The summed E-state index contributed by atoms with van der Waals surface area (Å²) in [6.45, 7) is 6.65. The van der Waals surface area contributed by atoms with Crippen molar-refractivity contribution in [3.63, 3.8) is 0 Å². The molecule has 0 aromatic carbocycles. The molecule has 1 aliphatic heterocycles. The Labute approximate surface area is 112 Å². The number of amides is 1. The molecule has 18 heavy (non-hydrogen) atoms. The fraction of sp³-hybridized carbons (Fsp3) is 0.643. The number of aliphatic hydroxyl groups is 1. The number of carbonyl (C=O) groups is 1. The van der Waals surface area contributed by atoms with Crippen LogP contribution >= 0.6 is 11.3 Å². The first-order valence-corrected chi connectivity index (χ1v) is 7.32. The molecule has 1 aliphatic rings. The van der Waals surface area contributed by atoms with Crippen LogP contribution in [-0.4, -0.2) is 34.1 Å². The van der Waals surface area contributed by atoms with Crippen LogP contribution in [0, 0.1) is 6.92 Å². The van der Waals surface area contributed by atoms with Gasteiger partial charge in [-0.2, -0.15) is 0 Å². The fourth-order valence-corrected chi connectivity index (χ4v) is 3.44. The Morgan fingerprint density at radius 2 is 2.33 bits per heavy atom. The van der Waals surface area contributed by atoms with Gasteiger partial charge in [0.05, 0.1) is 11.6 Å². The molecule has 4 heteroatoms. The molecule has 0 spiro atoms. The van der Waals surface area contributed by atoms with Gasteiger partial charge in [0.25, 0.3) is 0 Å². The maximum atomic E-state index is 12.2. The second-order valence-corrected chi connectivity index (χ2v) is 6.53. The minimum absolute atomic E-state index is 0.157. The highest BCUT2D eigenvalue weighted by Crippen LogP contribution is 2.30. The van der Waals surface area contributed by atoms with Gasteiger partial charge < -0.3 is 10.0 Å². The maximum Gasteiger partial charge on any atom is 0.223 e. The fourth-order valence-electron chi connectivity index (χ4n) is 2.53. The van der Waals surface area contributed by atoms with Gasteiger partial charge in [-0.15, -0.1) is 11.3 Å². The van der Waals surface area contributed by atoms with Crippen LogP contribution in [0.25, 0.3) is 0 Å². The van der Waals surface area contributed by atoms with Crippen LogP contribution in [0.3, 0.4) is 0 Å². The monoisotopic (exact) mass is 267 g/mol. The van der Waals surface area contributed by atoms with E-state index in [1.807, 2.05) is 18.7 Å². The Kier molecular flexibility index (Phi) is 3.78. The van der Waals surface area contributed by atoms with E-state index in [0.29, 0.717) is 19.4 Å². The van der Waals surface area contributed by atoms with Gasteiger partial charge in [0.1, 0.15) is 0 Å². The Morgan fingerprint density at radius 3 is 2.83 bits per heavy atom. The molecule has 1 atom stereocenters. The molecule has 0 saturated carbocycles. The number of hydrogen-bond donors (Lipinski definition) is 1. The lowest BCUT2D eigenvalue weighted by Gasteiger charge is -2.33. The number of thiophene rings is 1. The molecule has 2 heterocycles. The van der Waals surface area contributed by atoms with Crippen LogP contribution in [-0.2, 0) is 11.2 Å². The lowest BCUT2D eigenvalue weighted by molar-refractivity contribution is -0.136. The number of rotatable bonds is 3. The molecular weight excluding hydrogens is 246 g/mol. The van der Waals surface area contributed by atoms with Gasteiger partial charge in [0.2, 0.25) is 5.91 Å². The first-order valence-electron chi connectivity index (χ1n) is 6.44. The van der Waals surface area contributed by atoms with Gasteiger partial charge >= 0.3 is 0 Å². The Hall–Kier alpha value is -0.870. The van der Waals surface area contributed by atoms with E-state index in [1.165, 1.54) is 10.4 Å². The van der Waals surface area contributed by atoms with Crippen LogP contribution in [0.4, 0.5) is 0 Å². The minimum Gasteiger partial charge on any atom is -0.391 e. The van der Waals surface area contributed by atoms with E-state index in [0.717, 1.165) is 6.42 Å². The first-order chi connectivity index (χ1) is 8.43. The van der Waals surface area contributed by atoms with E-state index >= 15 is 0 Å². The van der Waals surface area contributed by atoms with Crippen molar-refractivity contribution >= 4 is 17.2 Å². The van der Waals surface area contributed by atoms with Crippen molar-refractivity contribution in [2.24, 2.45) is 0 Å². The lowest BCUT2D eigenvalue weighted by Crippen LogP contribution is -2.48. The summed E-state index contributed by atoms with van der Waals surface area (Å²) in [5.74, 6) is 0.157. The highest BCUT2D eigenvalue weighted by atomic mass is 32.1. The van der Waals surface area contributed by atoms with Crippen molar-refractivity contribution in [2.75, 3.05) is 6.54 Å². The molecule has 1 unspecified atom stereocenters. The van der Waals surface area contributed by atoms with Gasteiger partial charge in [0.15, 0.2) is 0 Å². The molecule has 1 aromatic heterocycles. The van der Waals surface area contributed by atoms with E-state index in [4.69, 9.17) is 0 Å². The molecule has 100 valence electrons. The van der Waals surface area contributed by atoms with Crippen molar-refractivity contribution in [1.29, 1.82) is 0 Å². The predicted octanol–water partition coefficient (Wildman–Crippen LogP) is 2.36. The van der Waals surface area contributed by atoms with Gasteiger partial charge in [0, 0.05) is 17.8 Å². The normalized spacial score (nSPS) is 22.4. The van der Waals surface area contributed by atoms with E-state index in [9.17, 15) is 9.90 Å². The topological polar surface area (TPSA) is 40.5 Å². The minimum atomic E-state index is -0.415. The third-order valence-corrected chi connectivity index (χ3v) is 5.06. The lowest BCUT2D eigenvalue weighted by atomic mass is 9.98. The summed E-state index contributed by atoms with van der Waals surface area (Å²) in [5.41, 5.74) is 0.857. The van der Waals surface area contributed by atoms with E-state index in [-0.39, 0.29) is 5.91 Å². The SMILES string of the molecule is Cc1ccsc1CCC(=O)N1CCC(O)C1(C)C. The number of carbonyl (C=O) groups excluding carboxylic acids is 1. The van der Waals surface area contributed by atoms with Gasteiger partial charge in [-0.25, -0.2) is 0 Å². The van der Waals surface area contributed by atoms with Crippen molar-refractivity contribution in [3.8, 4) is 0 Å². The molecule has 2 rings (SSSR count). The van der Waals surface area contributed by atoms with Crippen LogP contribution < -0.4 is 0 Å². The number of nitrogens with zero attached hydrogens (tertiary/aromatic N) is 1. The second kappa shape index (κ2) is 5.02. The Balaban J connectivity index is 1.95. The molecule has 1 N–H and O–H groups in total. The van der Waals surface area contributed by atoms with Crippen molar-refractivity contribution in [2.45, 2.75) is 51.7 Å². The number of aliphatic hydroxyl groups excluding tert-OH is 1. The summed E-state index contributed by atoms with van der Waals surface area (Å²) in [6.07, 6.45) is 1.64. The second-order valence-electron chi connectivity index (χ2n) is 5.53. The molecule has 1 fully saturated rings. The highest BCUT2D eigenvalue weighted by Gasteiger charge is 2.42. The standard InChI is InChI=1S/C14H21NO2S/c1-10-7-9-18-11(10)4-5-13(17)15-8-6-12(16)14(15,2)3/h7,9,12,16H,4-6,8H2,1-3H3. The molecule has 1 saturated heterocycles. The van der Waals surface area contributed by atoms with Crippen LogP contribution in [0.5, 0.6) is 0 Å². The molecule has 3 nitrogen and oxygen atoms in total. The number of hydrogen-bond acceptors (Lipinski definition) is 3. The van der Waals surface area contributed by atoms with E-state index < -0.39 is 11.6 Å². The first kappa shape index (κ1) is 13.6. The van der Waals surface area contributed by atoms with E-state index in [2.05, 4.69) is 18.4 Å². The largest absolute Gasteiger partial charge is 0.391 e. The van der Waals surface area contributed by atoms with Gasteiger partial charge in [-0.1, -0.05) is 0 Å². The molecule has 1 aromatic rings. The molecule has 0 bridgehead atoms. The zero-order valence-electron chi connectivity index (χ0n) is 11.3. The summed E-state index contributed by atoms with van der Waals surface area (Å²) < 4.78 is 0. The van der Waals surface area contributed by atoms with Crippen LogP contribution in [0.15, 0.2) is 11.4 Å². The zero-order chi connectivity index (χ0) is 13.3. The average molecular weight is 267 g/mol. The van der Waals surface area contributed by atoms with Crippen LogP contribution in [0.2, 0.25) is 0 Å². The highest BCUT2D eigenvalue weighted by molar-refractivity contribution is 7.10. The van der Waals surface area contributed by atoms with Gasteiger partial charge in [-0.3, -0.25) is 4.79 Å². The summed E-state index contributed by atoms with van der Waals surface area (Å²) >= 11 is 1.71. The molecular formula is C14H21NO2S. The van der Waals surface area contributed by atoms with Crippen molar-refractivity contribution < 1.29 is 9.90 Å². The molecule has 0 radical (unpaired) electrons. The quantitative estimate of drug-likeness (QED) is 0.913. The van der Waals surface area contributed by atoms with Crippen molar-refractivity contribution in [1.82, 2.24) is 4.90 Å². The third-order valence-electron chi connectivity index (χ3n) is 3.97. The molecule has 1 amide bonds. The van der Waals surface area contributed by atoms with Gasteiger partial charge in [-0.05, 0) is 50.6 Å². The van der Waals surface area contributed by atoms with Crippen LogP contribution in [0.1, 0.15) is 37.1 Å². The Bertz CT molecular complexity index is 439. The Morgan fingerprint density at radius 1 is 1.61 bits per heavy atom. The predicted molar refractivity (Wildman–Crippen MR) is 73.8 cm³/mol. The average Bonchev–Trinajstić information content (AvgIpc) is 2.82.